The van der Waals surface area contributed by atoms with Crippen LogP contribution in [0, 0.1) is 11.8 Å². The van der Waals surface area contributed by atoms with E-state index in [1.807, 2.05) is 0 Å². The Morgan fingerprint density at radius 1 is 1.15 bits per heavy atom. The lowest BCUT2D eigenvalue weighted by atomic mass is 9.86. The van der Waals surface area contributed by atoms with E-state index in [0.717, 1.165) is 25.9 Å². The second kappa shape index (κ2) is 7.20. The van der Waals surface area contributed by atoms with Gasteiger partial charge in [-0.25, -0.2) is 0 Å². The van der Waals surface area contributed by atoms with E-state index in [-0.39, 0.29) is 0 Å². The highest BCUT2D eigenvalue weighted by atomic mass is 32.2. The van der Waals surface area contributed by atoms with E-state index in [0.29, 0.717) is 31.5 Å². The van der Waals surface area contributed by atoms with Crippen molar-refractivity contribution in [3.8, 4) is 0 Å². The molecule has 1 aliphatic carbocycles. The van der Waals surface area contributed by atoms with Crippen molar-refractivity contribution in [1.29, 1.82) is 0 Å². The van der Waals surface area contributed by atoms with Crippen LogP contribution in [0.3, 0.4) is 0 Å². The third-order valence-corrected chi connectivity index (χ3v) is 6.67. The molecule has 5 nitrogen and oxygen atoms in total. The first-order chi connectivity index (χ1) is 9.54. The van der Waals surface area contributed by atoms with Crippen molar-refractivity contribution in [2.24, 2.45) is 11.8 Å². The molecule has 0 atom stereocenters. The molecule has 6 heteroatoms. The average Bonchev–Trinajstić information content (AvgIpc) is 2.40. The maximum atomic E-state index is 12.5. The zero-order valence-electron chi connectivity index (χ0n) is 12.8. The quantitative estimate of drug-likeness (QED) is 0.771. The number of nitrogens with zero attached hydrogens (tertiary/aromatic N) is 2. The molecule has 20 heavy (non-hydrogen) atoms. The molecule has 2 rings (SSSR count). The first-order valence-corrected chi connectivity index (χ1v) is 9.36. The summed E-state index contributed by atoms with van der Waals surface area (Å²) in [5.74, 6) is 1.21. The summed E-state index contributed by atoms with van der Waals surface area (Å²) < 4.78 is 28.3. The van der Waals surface area contributed by atoms with Crippen LogP contribution in [0.2, 0.25) is 0 Å². The standard InChI is InChI=1S/C14H29N3O2S/c1-3-15-11-13-7-9-17(10-8-13)20(18,19)16(2)12-14-5-4-6-14/h13-15H,3-12H2,1-2H3. The van der Waals surface area contributed by atoms with Gasteiger partial charge < -0.3 is 5.32 Å². The van der Waals surface area contributed by atoms with Crippen molar-refractivity contribution in [2.45, 2.75) is 39.0 Å². The maximum absolute atomic E-state index is 12.5. The van der Waals surface area contributed by atoms with Crippen molar-refractivity contribution in [1.82, 2.24) is 13.9 Å². The lowest BCUT2D eigenvalue weighted by Crippen LogP contribution is -2.48. The summed E-state index contributed by atoms with van der Waals surface area (Å²) in [6.45, 7) is 6.15. The topological polar surface area (TPSA) is 52.7 Å². The molecular weight excluding hydrogens is 274 g/mol. The van der Waals surface area contributed by atoms with Gasteiger partial charge in [0.1, 0.15) is 0 Å². The fourth-order valence-corrected chi connectivity index (χ4v) is 4.49. The molecule has 2 aliphatic rings. The molecule has 1 aliphatic heterocycles. The fraction of sp³-hybridized carbons (Fsp3) is 1.00. The van der Waals surface area contributed by atoms with Crippen LogP contribution in [0.5, 0.6) is 0 Å². The van der Waals surface area contributed by atoms with Crippen molar-refractivity contribution >= 4 is 10.2 Å². The van der Waals surface area contributed by atoms with Crippen LogP contribution in [0.25, 0.3) is 0 Å². The van der Waals surface area contributed by atoms with Gasteiger partial charge in [0.25, 0.3) is 10.2 Å². The number of piperidine rings is 1. The molecule has 1 saturated carbocycles. The Balaban J connectivity index is 1.81. The van der Waals surface area contributed by atoms with Crippen molar-refractivity contribution in [3.05, 3.63) is 0 Å². The van der Waals surface area contributed by atoms with Crippen molar-refractivity contribution in [3.63, 3.8) is 0 Å². The van der Waals surface area contributed by atoms with Crippen LogP contribution in [0.15, 0.2) is 0 Å². The summed E-state index contributed by atoms with van der Waals surface area (Å²) in [6, 6.07) is 0. The minimum atomic E-state index is -3.23. The molecule has 1 N–H and O–H groups in total. The Kier molecular flexibility index (Phi) is 5.84. The Bertz CT molecular complexity index is 387. The van der Waals surface area contributed by atoms with E-state index in [9.17, 15) is 8.42 Å². The second-order valence-corrected chi connectivity index (χ2v) is 8.27. The van der Waals surface area contributed by atoms with Gasteiger partial charge >= 0.3 is 0 Å². The van der Waals surface area contributed by atoms with Gasteiger partial charge in [-0.15, -0.1) is 0 Å². The molecule has 0 bridgehead atoms. The SMILES string of the molecule is CCNCC1CCN(S(=O)(=O)N(C)CC2CCC2)CC1. The monoisotopic (exact) mass is 303 g/mol. The minimum absolute atomic E-state index is 0.584. The second-order valence-electron chi connectivity index (χ2n) is 6.24. The lowest BCUT2D eigenvalue weighted by molar-refractivity contribution is 0.229. The van der Waals surface area contributed by atoms with Gasteiger partial charge in [-0.2, -0.15) is 17.0 Å². The zero-order valence-corrected chi connectivity index (χ0v) is 13.7. The van der Waals surface area contributed by atoms with E-state index < -0.39 is 10.2 Å². The van der Waals surface area contributed by atoms with Crippen LogP contribution in [-0.2, 0) is 10.2 Å². The Hall–Kier alpha value is -0.170. The van der Waals surface area contributed by atoms with E-state index in [4.69, 9.17) is 0 Å². The minimum Gasteiger partial charge on any atom is -0.317 e. The van der Waals surface area contributed by atoms with E-state index in [1.165, 1.54) is 19.3 Å². The first kappa shape index (κ1) is 16.2. The van der Waals surface area contributed by atoms with Gasteiger partial charge in [0.2, 0.25) is 0 Å². The maximum Gasteiger partial charge on any atom is 0.281 e. The largest absolute Gasteiger partial charge is 0.317 e. The summed E-state index contributed by atoms with van der Waals surface area (Å²) in [6.07, 6.45) is 5.58. The van der Waals surface area contributed by atoms with Crippen LogP contribution in [-0.4, -0.2) is 56.8 Å². The Morgan fingerprint density at radius 3 is 2.30 bits per heavy atom. The molecule has 1 saturated heterocycles. The predicted molar refractivity (Wildman–Crippen MR) is 81.7 cm³/mol. The van der Waals surface area contributed by atoms with Gasteiger partial charge in [0.15, 0.2) is 0 Å². The zero-order chi connectivity index (χ0) is 14.6. The van der Waals surface area contributed by atoms with Gasteiger partial charge in [-0.3, -0.25) is 0 Å². The Morgan fingerprint density at radius 2 is 1.80 bits per heavy atom. The smallest absolute Gasteiger partial charge is 0.281 e. The summed E-state index contributed by atoms with van der Waals surface area (Å²) >= 11 is 0. The predicted octanol–water partition coefficient (Wildman–Crippen LogP) is 1.28. The number of nitrogens with one attached hydrogen (secondary N) is 1. The fourth-order valence-electron chi connectivity index (χ4n) is 3.02. The average molecular weight is 303 g/mol. The van der Waals surface area contributed by atoms with Crippen molar-refractivity contribution in [2.75, 3.05) is 39.8 Å². The molecule has 118 valence electrons. The van der Waals surface area contributed by atoms with Crippen LogP contribution < -0.4 is 5.32 Å². The summed E-state index contributed by atoms with van der Waals surface area (Å²) in [7, 11) is -1.50. The molecule has 0 aromatic carbocycles. The number of hydrogen-bond donors (Lipinski definition) is 1. The molecule has 0 amide bonds. The van der Waals surface area contributed by atoms with Crippen LogP contribution >= 0.6 is 0 Å². The Labute approximate surface area is 123 Å². The van der Waals surface area contributed by atoms with Gasteiger partial charge in [0, 0.05) is 26.7 Å². The highest BCUT2D eigenvalue weighted by Crippen LogP contribution is 2.28. The molecule has 0 spiro atoms. The lowest BCUT2D eigenvalue weighted by Gasteiger charge is -2.36. The first-order valence-electron chi connectivity index (χ1n) is 7.96. The summed E-state index contributed by atoms with van der Waals surface area (Å²) in [5.41, 5.74) is 0. The normalized spacial score (nSPS) is 23.1. The van der Waals surface area contributed by atoms with Crippen LogP contribution in [0.1, 0.15) is 39.0 Å². The molecule has 0 aromatic heterocycles. The van der Waals surface area contributed by atoms with E-state index in [2.05, 4.69) is 12.2 Å². The van der Waals surface area contributed by atoms with Crippen molar-refractivity contribution < 1.29 is 8.42 Å². The van der Waals surface area contributed by atoms with Crippen LogP contribution in [0.4, 0.5) is 0 Å². The third-order valence-electron chi connectivity index (χ3n) is 4.72. The summed E-state index contributed by atoms with van der Waals surface area (Å²) in [5, 5.41) is 3.36. The molecular formula is C14H29N3O2S. The molecule has 1 heterocycles. The van der Waals surface area contributed by atoms with Gasteiger partial charge in [-0.1, -0.05) is 13.3 Å². The highest BCUT2D eigenvalue weighted by molar-refractivity contribution is 7.86. The van der Waals surface area contributed by atoms with Gasteiger partial charge in [-0.05, 0) is 50.6 Å². The number of rotatable bonds is 7. The van der Waals surface area contributed by atoms with E-state index in [1.54, 1.807) is 15.7 Å². The van der Waals surface area contributed by atoms with Gasteiger partial charge in [0.05, 0.1) is 0 Å². The molecule has 0 aromatic rings. The number of hydrogen-bond acceptors (Lipinski definition) is 3. The highest BCUT2D eigenvalue weighted by Gasteiger charge is 2.32. The van der Waals surface area contributed by atoms with E-state index >= 15 is 0 Å². The molecule has 0 radical (unpaired) electrons. The molecule has 0 unspecified atom stereocenters. The summed E-state index contributed by atoms with van der Waals surface area (Å²) in [4.78, 5) is 0. The molecule has 2 fully saturated rings. The third kappa shape index (κ3) is 3.93.